The molecular formula is C16H26N2O2. The van der Waals surface area contributed by atoms with Crippen LogP contribution in [0, 0.1) is 0 Å². The molecule has 4 heteroatoms. The molecule has 20 heavy (non-hydrogen) atoms. The minimum Gasteiger partial charge on any atom is -0.481 e. The van der Waals surface area contributed by atoms with Crippen LogP contribution in [0.4, 0.5) is 0 Å². The predicted octanol–water partition coefficient (Wildman–Crippen LogP) is 2.18. The van der Waals surface area contributed by atoms with Gasteiger partial charge in [-0.1, -0.05) is 44.2 Å². The molecule has 0 aliphatic rings. The summed E-state index contributed by atoms with van der Waals surface area (Å²) in [7, 11) is 0. The topological polar surface area (TPSA) is 52.6 Å². The molecule has 0 saturated heterocycles. The summed E-state index contributed by atoms with van der Waals surface area (Å²) < 4.78 is 0. The number of hydrogen-bond donors (Lipinski definition) is 2. The van der Waals surface area contributed by atoms with Crippen LogP contribution in [-0.2, 0) is 4.79 Å². The fraction of sp³-hybridized carbons (Fsp3) is 0.562. The SMILES string of the molecule is CCCN(CC)CCNCC(C(=O)O)c1ccccc1. The van der Waals surface area contributed by atoms with Crippen molar-refractivity contribution in [3.63, 3.8) is 0 Å². The van der Waals surface area contributed by atoms with Gasteiger partial charge in [0.1, 0.15) is 0 Å². The summed E-state index contributed by atoms with van der Waals surface area (Å²) in [5.74, 6) is -1.25. The Hall–Kier alpha value is -1.39. The zero-order valence-electron chi connectivity index (χ0n) is 12.5. The first kappa shape index (κ1) is 16.7. The lowest BCUT2D eigenvalue weighted by molar-refractivity contribution is -0.138. The molecule has 1 aromatic carbocycles. The number of benzene rings is 1. The van der Waals surface area contributed by atoms with Crippen LogP contribution in [0.2, 0.25) is 0 Å². The Morgan fingerprint density at radius 3 is 2.50 bits per heavy atom. The van der Waals surface area contributed by atoms with E-state index in [-0.39, 0.29) is 0 Å². The van der Waals surface area contributed by atoms with Gasteiger partial charge in [-0.3, -0.25) is 4.79 Å². The lowest BCUT2D eigenvalue weighted by Crippen LogP contribution is -2.35. The second-order valence-corrected chi connectivity index (χ2v) is 4.94. The summed E-state index contributed by atoms with van der Waals surface area (Å²) in [6.45, 7) is 8.72. The van der Waals surface area contributed by atoms with Gasteiger partial charge in [0.2, 0.25) is 0 Å². The highest BCUT2D eigenvalue weighted by molar-refractivity contribution is 5.76. The Kier molecular flexibility index (Phi) is 7.92. The molecule has 0 radical (unpaired) electrons. The summed E-state index contributed by atoms with van der Waals surface area (Å²) in [5.41, 5.74) is 0.855. The van der Waals surface area contributed by atoms with Crippen molar-refractivity contribution >= 4 is 5.97 Å². The second-order valence-electron chi connectivity index (χ2n) is 4.94. The predicted molar refractivity (Wildman–Crippen MR) is 82.1 cm³/mol. The third kappa shape index (κ3) is 5.72. The summed E-state index contributed by atoms with van der Waals surface area (Å²) >= 11 is 0. The standard InChI is InChI=1S/C16H26N2O2/c1-3-11-18(4-2)12-10-17-13-15(16(19)20)14-8-6-5-7-9-14/h5-9,15,17H,3-4,10-13H2,1-2H3,(H,19,20). The van der Waals surface area contributed by atoms with E-state index in [1.54, 1.807) is 0 Å². The monoisotopic (exact) mass is 278 g/mol. The number of likely N-dealkylation sites (N-methyl/N-ethyl adjacent to an activating group) is 1. The zero-order chi connectivity index (χ0) is 14.8. The fourth-order valence-corrected chi connectivity index (χ4v) is 2.26. The Morgan fingerprint density at radius 2 is 1.95 bits per heavy atom. The molecule has 0 fully saturated rings. The summed E-state index contributed by atoms with van der Waals surface area (Å²) in [6.07, 6.45) is 1.15. The molecule has 0 aliphatic carbocycles. The Bertz CT molecular complexity index is 381. The highest BCUT2D eigenvalue weighted by Gasteiger charge is 2.18. The van der Waals surface area contributed by atoms with Gasteiger partial charge in [-0.05, 0) is 25.1 Å². The molecule has 1 unspecified atom stereocenters. The van der Waals surface area contributed by atoms with Gasteiger partial charge in [0.15, 0.2) is 0 Å². The normalized spacial score (nSPS) is 12.6. The Morgan fingerprint density at radius 1 is 1.25 bits per heavy atom. The molecule has 0 aromatic heterocycles. The Labute approximate surface area is 121 Å². The molecule has 112 valence electrons. The third-order valence-corrected chi connectivity index (χ3v) is 3.44. The maximum atomic E-state index is 11.3. The third-order valence-electron chi connectivity index (χ3n) is 3.44. The molecule has 1 atom stereocenters. The smallest absolute Gasteiger partial charge is 0.312 e. The van der Waals surface area contributed by atoms with Gasteiger partial charge in [0, 0.05) is 19.6 Å². The molecular weight excluding hydrogens is 252 g/mol. The minimum absolute atomic E-state index is 0.475. The van der Waals surface area contributed by atoms with E-state index in [0.717, 1.165) is 38.2 Å². The van der Waals surface area contributed by atoms with Gasteiger partial charge >= 0.3 is 5.97 Å². The molecule has 0 aliphatic heterocycles. The molecule has 2 N–H and O–H groups in total. The van der Waals surface area contributed by atoms with Crippen molar-refractivity contribution < 1.29 is 9.90 Å². The van der Waals surface area contributed by atoms with Gasteiger partial charge in [-0.25, -0.2) is 0 Å². The van der Waals surface area contributed by atoms with Crippen molar-refractivity contribution in [1.29, 1.82) is 0 Å². The van der Waals surface area contributed by atoms with Crippen LogP contribution < -0.4 is 5.32 Å². The molecule has 0 bridgehead atoms. The van der Waals surface area contributed by atoms with Crippen LogP contribution in [0.15, 0.2) is 30.3 Å². The minimum atomic E-state index is -0.774. The van der Waals surface area contributed by atoms with Crippen LogP contribution in [0.1, 0.15) is 31.7 Å². The van der Waals surface area contributed by atoms with Gasteiger partial charge in [-0.15, -0.1) is 0 Å². The quantitative estimate of drug-likeness (QED) is 0.644. The first-order valence-electron chi connectivity index (χ1n) is 7.39. The van der Waals surface area contributed by atoms with E-state index in [0.29, 0.717) is 6.54 Å². The van der Waals surface area contributed by atoms with Gasteiger partial charge in [0.05, 0.1) is 5.92 Å². The van der Waals surface area contributed by atoms with Crippen LogP contribution in [0.25, 0.3) is 0 Å². The number of nitrogens with zero attached hydrogens (tertiary/aromatic N) is 1. The van der Waals surface area contributed by atoms with Crippen LogP contribution in [-0.4, -0.2) is 48.7 Å². The van der Waals surface area contributed by atoms with Gasteiger partial charge in [-0.2, -0.15) is 0 Å². The average Bonchev–Trinajstić information content (AvgIpc) is 2.46. The highest BCUT2D eigenvalue weighted by atomic mass is 16.4. The molecule has 1 rings (SSSR count). The molecule has 0 saturated carbocycles. The number of carboxylic acid groups (broad SMARTS) is 1. The first-order chi connectivity index (χ1) is 9.69. The molecule has 4 nitrogen and oxygen atoms in total. The van der Waals surface area contributed by atoms with Crippen molar-refractivity contribution in [2.75, 3.05) is 32.7 Å². The van der Waals surface area contributed by atoms with E-state index >= 15 is 0 Å². The van der Waals surface area contributed by atoms with Crippen molar-refractivity contribution in [3.05, 3.63) is 35.9 Å². The van der Waals surface area contributed by atoms with E-state index in [4.69, 9.17) is 0 Å². The maximum absolute atomic E-state index is 11.3. The number of hydrogen-bond acceptors (Lipinski definition) is 3. The summed E-state index contributed by atoms with van der Waals surface area (Å²) in [5, 5.41) is 12.6. The first-order valence-corrected chi connectivity index (χ1v) is 7.39. The van der Waals surface area contributed by atoms with Gasteiger partial charge in [0.25, 0.3) is 0 Å². The van der Waals surface area contributed by atoms with E-state index in [2.05, 4.69) is 24.1 Å². The number of carbonyl (C=O) groups is 1. The number of rotatable bonds is 10. The Balaban J connectivity index is 2.39. The lowest BCUT2D eigenvalue weighted by Gasteiger charge is -2.20. The van der Waals surface area contributed by atoms with Crippen molar-refractivity contribution in [3.8, 4) is 0 Å². The number of carboxylic acids is 1. The van der Waals surface area contributed by atoms with Crippen LogP contribution >= 0.6 is 0 Å². The number of aliphatic carboxylic acids is 1. The zero-order valence-corrected chi connectivity index (χ0v) is 12.5. The van der Waals surface area contributed by atoms with E-state index < -0.39 is 11.9 Å². The lowest BCUT2D eigenvalue weighted by atomic mass is 9.99. The van der Waals surface area contributed by atoms with E-state index in [1.165, 1.54) is 0 Å². The average molecular weight is 278 g/mol. The fourth-order valence-electron chi connectivity index (χ4n) is 2.26. The van der Waals surface area contributed by atoms with Crippen molar-refractivity contribution in [2.45, 2.75) is 26.2 Å². The molecule has 0 heterocycles. The van der Waals surface area contributed by atoms with E-state index in [1.807, 2.05) is 30.3 Å². The number of nitrogens with one attached hydrogen (secondary N) is 1. The summed E-state index contributed by atoms with van der Waals surface area (Å²) in [6, 6.07) is 9.40. The maximum Gasteiger partial charge on any atom is 0.312 e. The van der Waals surface area contributed by atoms with Crippen LogP contribution in [0.5, 0.6) is 0 Å². The molecule has 1 aromatic rings. The second kappa shape index (κ2) is 9.50. The van der Waals surface area contributed by atoms with E-state index in [9.17, 15) is 9.90 Å². The van der Waals surface area contributed by atoms with Crippen molar-refractivity contribution in [2.24, 2.45) is 0 Å². The highest BCUT2D eigenvalue weighted by Crippen LogP contribution is 2.14. The molecule has 0 amide bonds. The molecule has 0 spiro atoms. The van der Waals surface area contributed by atoms with Gasteiger partial charge < -0.3 is 15.3 Å². The summed E-state index contributed by atoms with van der Waals surface area (Å²) in [4.78, 5) is 13.7. The largest absolute Gasteiger partial charge is 0.481 e. The van der Waals surface area contributed by atoms with Crippen molar-refractivity contribution in [1.82, 2.24) is 10.2 Å². The van der Waals surface area contributed by atoms with Crippen LogP contribution in [0.3, 0.4) is 0 Å².